The van der Waals surface area contributed by atoms with Crippen LogP contribution in [0.5, 0.6) is 11.5 Å². The summed E-state index contributed by atoms with van der Waals surface area (Å²) in [5.41, 5.74) is 4.17. The topological polar surface area (TPSA) is 18.5 Å². The zero-order valence-electron chi connectivity index (χ0n) is 9.72. The summed E-state index contributed by atoms with van der Waals surface area (Å²) in [4.78, 5) is 0. The van der Waals surface area contributed by atoms with Crippen LogP contribution in [0, 0.1) is 6.92 Å². The molecule has 2 rings (SSSR count). The van der Waals surface area contributed by atoms with Crippen LogP contribution in [-0.2, 0) is 12.8 Å². The molecule has 0 spiro atoms. The predicted octanol–water partition coefficient (Wildman–Crippen LogP) is 2.89. The van der Waals surface area contributed by atoms with Crippen molar-refractivity contribution in [3.05, 3.63) is 22.8 Å². The molecule has 0 aliphatic heterocycles. The highest BCUT2D eigenvalue weighted by atomic mass is 16.5. The molecule has 0 fully saturated rings. The number of ether oxygens (including phenoxy) is 2. The molecule has 0 amide bonds. The van der Waals surface area contributed by atoms with Crippen molar-refractivity contribution in [3.8, 4) is 11.5 Å². The molecule has 0 atom stereocenters. The normalized spacial score (nSPS) is 14.6. The molecule has 0 saturated carbocycles. The number of fused-ring (bicyclic) bond motifs is 1. The van der Waals surface area contributed by atoms with Crippen molar-refractivity contribution >= 4 is 0 Å². The number of hydrogen-bond donors (Lipinski definition) is 0. The highest BCUT2D eigenvalue weighted by Gasteiger charge is 2.19. The van der Waals surface area contributed by atoms with Crippen LogP contribution in [0.3, 0.4) is 0 Å². The van der Waals surface area contributed by atoms with Gasteiger partial charge in [0.1, 0.15) is 0 Å². The van der Waals surface area contributed by atoms with Crippen molar-refractivity contribution in [2.24, 2.45) is 0 Å². The first-order chi connectivity index (χ1) is 7.27. The van der Waals surface area contributed by atoms with E-state index >= 15 is 0 Å². The summed E-state index contributed by atoms with van der Waals surface area (Å²) in [5, 5.41) is 0. The SMILES string of the molecule is COc1cc(C)c2c(c1OC)CCCC2. The minimum Gasteiger partial charge on any atom is -0.493 e. The van der Waals surface area contributed by atoms with Crippen LogP contribution in [-0.4, -0.2) is 14.2 Å². The lowest BCUT2D eigenvalue weighted by molar-refractivity contribution is 0.349. The summed E-state index contributed by atoms with van der Waals surface area (Å²) < 4.78 is 10.8. The fourth-order valence-electron chi connectivity index (χ4n) is 2.46. The predicted molar refractivity (Wildman–Crippen MR) is 60.9 cm³/mol. The van der Waals surface area contributed by atoms with E-state index in [9.17, 15) is 0 Å². The Labute approximate surface area is 91.2 Å². The molecule has 0 saturated heterocycles. The van der Waals surface area contributed by atoms with Crippen LogP contribution in [0.25, 0.3) is 0 Å². The van der Waals surface area contributed by atoms with E-state index in [1.54, 1.807) is 14.2 Å². The van der Waals surface area contributed by atoms with Gasteiger partial charge in [0.15, 0.2) is 11.5 Å². The maximum Gasteiger partial charge on any atom is 0.164 e. The van der Waals surface area contributed by atoms with Crippen LogP contribution in [0.15, 0.2) is 6.07 Å². The van der Waals surface area contributed by atoms with E-state index in [1.807, 2.05) is 0 Å². The van der Waals surface area contributed by atoms with Gasteiger partial charge >= 0.3 is 0 Å². The number of benzene rings is 1. The molecule has 1 aliphatic rings. The van der Waals surface area contributed by atoms with Gasteiger partial charge in [0.2, 0.25) is 0 Å². The lowest BCUT2D eigenvalue weighted by Gasteiger charge is -2.22. The maximum absolute atomic E-state index is 5.46. The lowest BCUT2D eigenvalue weighted by atomic mass is 9.87. The molecule has 0 bridgehead atoms. The van der Waals surface area contributed by atoms with Gasteiger partial charge in [0, 0.05) is 5.56 Å². The van der Waals surface area contributed by atoms with Crippen LogP contribution >= 0.6 is 0 Å². The summed E-state index contributed by atoms with van der Waals surface area (Å²) in [6.45, 7) is 2.16. The van der Waals surface area contributed by atoms with Gasteiger partial charge < -0.3 is 9.47 Å². The Balaban J connectivity index is 2.59. The molecule has 1 aromatic rings. The third kappa shape index (κ3) is 1.69. The zero-order valence-corrected chi connectivity index (χ0v) is 9.72. The zero-order chi connectivity index (χ0) is 10.8. The first-order valence-corrected chi connectivity index (χ1v) is 5.51. The molecular formula is C13H18O2. The molecule has 0 aromatic heterocycles. The average molecular weight is 206 g/mol. The number of rotatable bonds is 2. The molecule has 15 heavy (non-hydrogen) atoms. The van der Waals surface area contributed by atoms with Crippen LogP contribution in [0.2, 0.25) is 0 Å². The van der Waals surface area contributed by atoms with E-state index in [-0.39, 0.29) is 0 Å². The van der Waals surface area contributed by atoms with Crippen molar-refractivity contribution in [2.45, 2.75) is 32.6 Å². The second-order valence-corrected chi connectivity index (χ2v) is 4.09. The molecule has 0 radical (unpaired) electrons. The molecule has 2 heteroatoms. The maximum atomic E-state index is 5.46. The van der Waals surface area contributed by atoms with Gasteiger partial charge in [-0.15, -0.1) is 0 Å². The molecule has 0 unspecified atom stereocenters. The number of hydrogen-bond acceptors (Lipinski definition) is 2. The van der Waals surface area contributed by atoms with Crippen molar-refractivity contribution in [2.75, 3.05) is 14.2 Å². The van der Waals surface area contributed by atoms with Crippen molar-refractivity contribution in [1.82, 2.24) is 0 Å². The second kappa shape index (κ2) is 4.13. The second-order valence-electron chi connectivity index (χ2n) is 4.09. The highest BCUT2D eigenvalue weighted by molar-refractivity contribution is 5.55. The highest BCUT2D eigenvalue weighted by Crippen LogP contribution is 2.39. The van der Waals surface area contributed by atoms with E-state index < -0.39 is 0 Å². The fourth-order valence-corrected chi connectivity index (χ4v) is 2.46. The van der Waals surface area contributed by atoms with Gasteiger partial charge in [-0.1, -0.05) is 0 Å². The average Bonchev–Trinajstić information content (AvgIpc) is 2.29. The number of aryl methyl sites for hydroxylation is 1. The summed E-state index contributed by atoms with van der Waals surface area (Å²) >= 11 is 0. The van der Waals surface area contributed by atoms with Gasteiger partial charge in [-0.3, -0.25) is 0 Å². The third-order valence-corrected chi connectivity index (χ3v) is 3.21. The Hall–Kier alpha value is -1.18. The smallest absolute Gasteiger partial charge is 0.164 e. The van der Waals surface area contributed by atoms with E-state index in [0.717, 1.165) is 17.9 Å². The van der Waals surface area contributed by atoms with Gasteiger partial charge in [-0.25, -0.2) is 0 Å². The Kier molecular flexibility index (Phi) is 2.85. The van der Waals surface area contributed by atoms with Gasteiger partial charge in [0.25, 0.3) is 0 Å². The molecule has 1 aromatic carbocycles. The first-order valence-electron chi connectivity index (χ1n) is 5.51. The standard InChI is InChI=1S/C13H18O2/c1-9-8-12(14-2)13(15-3)11-7-5-4-6-10(9)11/h8H,4-7H2,1-3H3. The summed E-state index contributed by atoms with van der Waals surface area (Å²) in [6, 6.07) is 2.09. The molecule has 0 N–H and O–H groups in total. The molecule has 82 valence electrons. The van der Waals surface area contributed by atoms with Crippen molar-refractivity contribution in [3.63, 3.8) is 0 Å². The first kappa shape index (κ1) is 10.3. The largest absolute Gasteiger partial charge is 0.493 e. The summed E-state index contributed by atoms with van der Waals surface area (Å²) in [5.74, 6) is 1.81. The Bertz CT molecular complexity index is 369. The van der Waals surface area contributed by atoms with E-state index in [4.69, 9.17) is 9.47 Å². The Morgan fingerprint density at radius 2 is 1.67 bits per heavy atom. The van der Waals surface area contributed by atoms with Crippen LogP contribution in [0.1, 0.15) is 29.5 Å². The molecular weight excluding hydrogens is 188 g/mol. The lowest BCUT2D eigenvalue weighted by Crippen LogP contribution is -2.08. The quantitative estimate of drug-likeness (QED) is 0.740. The molecule has 2 nitrogen and oxygen atoms in total. The van der Waals surface area contributed by atoms with E-state index in [2.05, 4.69) is 13.0 Å². The summed E-state index contributed by atoms with van der Waals surface area (Å²) in [7, 11) is 3.43. The molecule has 0 heterocycles. The number of methoxy groups -OCH3 is 2. The van der Waals surface area contributed by atoms with Gasteiger partial charge in [0.05, 0.1) is 14.2 Å². The fraction of sp³-hybridized carbons (Fsp3) is 0.538. The minimum atomic E-state index is 0.871. The van der Waals surface area contributed by atoms with Crippen LogP contribution in [0.4, 0.5) is 0 Å². The van der Waals surface area contributed by atoms with Gasteiger partial charge in [-0.05, 0) is 49.8 Å². The Morgan fingerprint density at radius 3 is 2.27 bits per heavy atom. The third-order valence-electron chi connectivity index (χ3n) is 3.21. The van der Waals surface area contributed by atoms with Crippen molar-refractivity contribution in [1.29, 1.82) is 0 Å². The van der Waals surface area contributed by atoms with Gasteiger partial charge in [-0.2, -0.15) is 0 Å². The minimum absolute atomic E-state index is 0.871. The van der Waals surface area contributed by atoms with Crippen molar-refractivity contribution < 1.29 is 9.47 Å². The summed E-state index contributed by atoms with van der Waals surface area (Å²) in [6.07, 6.45) is 4.86. The monoisotopic (exact) mass is 206 g/mol. The Morgan fingerprint density at radius 1 is 1.00 bits per heavy atom. The van der Waals surface area contributed by atoms with E-state index in [0.29, 0.717) is 0 Å². The molecule has 1 aliphatic carbocycles. The van der Waals surface area contributed by atoms with E-state index in [1.165, 1.54) is 36.0 Å². The van der Waals surface area contributed by atoms with Crippen LogP contribution < -0.4 is 9.47 Å².